The fourth-order valence-corrected chi connectivity index (χ4v) is 9.02. The van der Waals surface area contributed by atoms with E-state index in [0.29, 0.717) is 40.8 Å². The van der Waals surface area contributed by atoms with E-state index in [1.54, 1.807) is 29.5 Å². The number of unbranched alkanes of at least 4 members (excludes halogenated alkanes) is 5. The number of thiophene rings is 1. The van der Waals surface area contributed by atoms with Crippen LogP contribution in [-0.4, -0.2) is 80.7 Å². The van der Waals surface area contributed by atoms with Crippen molar-refractivity contribution in [2.45, 2.75) is 97.2 Å². The number of nitrogens with zero attached hydrogens (tertiary/aromatic N) is 5. The molecule has 1 fully saturated rings. The third kappa shape index (κ3) is 8.85. The second kappa shape index (κ2) is 18.0. The van der Waals surface area contributed by atoms with Crippen molar-refractivity contribution in [2.75, 3.05) is 19.7 Å². The summed E-state index contributed by atoms with van der Waals surface area (Å²) in [6, 6.07) is 11.5. The van der Waals surface area contributed by atoms with Gasteiger partial charge in [-0.3, -0.25) is 38.8 Å². The van der Waals surface area contributed by atoms with Gasteiger partial charge >= 0.3 is 0 Å². The van der Waals surface area contributed by atoms with Crippen LogP contribution in [0.5, 0.6) is 5.75 Å². The predicted molar refractivity (Wildman–Crippen MR) is 220 cm³/mol. The largest absolute Gasteiger partial charge is 0.483 e. The van der Waals surface area contributed by atoms with Crippen molar-refractivity contribution in [3.05, 3.63) is 91.8 Å². The number of carbonyl (C=O) groups is 5. The van der Waals surface area contributed by atoms with Gasteiger partial charge in [0.25, 0.3) is 11.8 Å². The molecule has 0 bridgehead atoms. The number of carbonyl (C=O) groups excluding carboxylic acids is 5. The smallest absolute Gasteiger partial charge is 0.257 e. The number of piperidine rings is 1. The molecule has 2 aromatic carbocycles. The van der Waals surface area contributed by atoms with E-state index in [-0.39, 0.29) is 56.0 Å². The van der Waals surface area contributed by atoms with E-state index in [1.807, 2.05) is 35.8 Å². The third-order valence-electron chi connectivity index (χ3n) is 10.9. The van der Waals surface area contributed by atoms with Crippen LogP contribution in [0.4, 0.5) is 0 Å². The number of hydrogen-bond donors (Lipinski definition) is 3. The zero-order valence-corrected chi connectivity index (χ0v) is 34.4. The molecule has 0 saturated carbocycles. The minimum absolute atomic E-state index is 0.0892. The van der Waals surface area contributed by atoms with Crippen LogP contribution in [0, 0.1) is 20.8 Å². The number of aromatic nitrogens is 3. The van der Waals surface area contributed by atoms with Crippen molar-refractivity contribution < 1.29 is 28.7 Å². The van der Waals surface area contributed by atoms with Crippen molar-refractivity contribution >= 4 is 58.2 Å². The van der Waals surface area contributed by atoms with Crippen LogP contribution in [0.2, 0.25) is 5.02 Å². The lowest BCUT2D eigenvalue weighted by Gasteiger charge is -2.29. The van der Waals surface area contributed by atoms with Gasteiger partial charge < -0.3 is 20.3 Å². The second-order valence-electron chi connectivity index (χ2n) is 14.9. The highest BCUT2D eigenvalue weighted by Gasteiger charge is 2.40. The Morgan fingerprint density at radius 2 is 1.64 bits per heavy atom. The number of fused-ring (bicyclic) bond motifs is 4. The van der Waals surface area contributed by atoms with Crippen molar-refractivity contribution in [2.24, 2.45) is 4.99 Å². The molecule has 3 aliphatic rings. The van der Waals surface area contributed by atoms with Gasteiger partial charge in [0.2, 0.25) is 17.7 Å². The van der Waals surface area contributed by atoms with Gasteiger partial charge in [-0.2, -0.15) is 0 Å². The number of hydrogen-bond acceptors (Lipinski definition) is 10. The summed E-state index contributed by atoms with van der Waals surface area (Å²) < 4.78 is 7.85. The van der Waals surface area contributed by atoms with Crippen molar-refractivity contribution in [1.29, 1.82) is 0 Å². The minimum Gasteiger partial charge on any atom is -0.483 e. The van der Waals surface area contributed by atoms with Crippen LogP contribution >= 0.6 is 22.9 Å². The fraction of sp³-hybridized carbons (Fsp3) is 0.429. The number of amides is 5. The summed E-state index contributed by atoms with van der Waals surface area (Å²) in [5, 5.41) is 18.8. The molecule has 1 saturated heterocycles. The monoisotopic (exact) mass is 826 g/mol. The normalized spacial score (nSPS) is 17.2. The SMILES string of the molecule is Cc1sc2c(c1C)C(c1ccc(Cl)cc1)=N[C@@H](CC(=O)NCCCCCCCCNC(=O)COc1cccc3c1CN(C1CCC(=O)NC1=O)C3=O)c1nnc(C)n1-2. The van der Waals surface area contributed by atoms with Crippen LogP contribution in [0.25, 0.3) is 5.00 Å². The maximum Gasteiger partial charge on any atom is 0.257 e. The predicted octanol–water partition coefficient (Wildman–Crippen LogP) is 5.60. The molecule has 14 nitrogen and oxygen atoms in total. The summed E-state index contributed by atoms with van der Waals surface area (Å²) in [5.74, 6) is 0.374. The highest BCUT2D eigenvalue weighted by atomic mass is 35.5. The third-order valence-corrected chi connectivity index (χ3v) is 12.3. The summed E-state index contributed by atoms with van der Waals surface area (Å²) in [6.07, 6.45) is 6.24. The molecule has 3 aliphatic heterocycles. The Kier molecular flexibility index (Phi) is 12.7. The molecule has 5 heterocycles. The molecule has 7 rings (SSSR count). The first-order valence-electron chi connectivity index (χ1n) is 19.8. The first kappa shape index (κ1) is 40.8. The topological polar surface area (TPSA) is 177 Å². The van der Waals surface area contributed by atoms with Crippen LogP contribution in [0.3, 0.4) is 0 Å². The molecular formula is C42H47ClN8O6S. The number of aryl methyl sites for hydroxylation is 2. The average Bonchev–Trinajstić information content (AvgIpc) is 3.82. The van der Waals surface area contributed by atoms with Crippen molar-refractivity contribution in [3.63, 3.8) is 0 Å². The van der Waals surface area contributed by atoms with Gasteiger partial charge in [0.05, 0.1) is 18.7 Å². The number of nitrogens with one attached hydrogen (secondary N) is 3. The number of benzene rings is 2. The van der Waals surface area contributed by atoms with E-state index >= 15 is 0 Å². The molecule has 4 aromatic rings. The molecule has 1 unspecified atom stereocenters. The lowest BCUT2D eigenvalue weighted by molar-refractivity contribution is -0.137. The van der Waals surface area contributed by atoms with E-state index in [4.69, 9.17) is 21.3 Å². The molecular weight excluding hydrogens is 780 g/mol. The highest BCUT2D eigenvalue weighted by Crippen LogP contribution is 2.40. The molecule has 2 aromatic heterocycles. The fourth-order valence-electron chi connectivity index (χ4n) is 7.68. The van der Waals surface area contributed by atoms with E-state index in [9.17, 15) is 24.0 Å². The Balaban J connectivity index is 0.804. The van der Waals surface area contributed by atoms with Gasteiger partial charge in [0.15, 0.2) is 12.4 Å². The number of halogens is 1. The average molecular weight is 827 g/mol. The van der Waals surface area contributed by atoms with Gasteiger partial charge in [-0.05, 0) is 69.9 Å². The van der Waals surface area contributed by atoms with Gasteiger partial charge in [-0.1, -0.05) is 55.5 Å². The number of imide groups is 1. The molecule has 0 aliphatic carbocycles. The molecule has 58 heavy (non-hydrogen) atoms. The number of ether oxygens (including phenoxy) is 1. The van der Waals surface area contributed by atoms with Gasteiger partial charge in [0, 0.05) is 51.7 Å². The zero-order chi connectivity index (χ0) is 40.9. The standard InChI is InChI=1S/C42H47ClN8O6S/c1-24-25(2)58-42-37(24)38(27-13-15-28(43)16-14-27)46-31(39-49-48-26(3)51(39)42)21-35(53)44-19-8-6-4-5-7-9-20-45-36(54)23-57-33-12-10-11-29-30(33)22-50(41(29)56)32-17-18-34(52)47-40(32)55/h10-16,31-32H,4-9,17-23H2,1-3H3,(H,44,53)(H,45,54)(H,47,52,55)/t31-,32?/m0/s1. The zero-order valence-electron chi connectivity index (χ0n) is 32.9. The lowest BCUT2D eigenvalue weighted by Crippen LogP contribution is -2.52. The summed E-state index contributed by atoms with van der Waals surface area (Å²) in [4.78, 5) is 70.6. The molecule has 5 amide bonds. The maximum absolute atomic E-state index is 13.3. The van der Waals surface area contributed by atoms with Crippen LogP contribution in [0.15, 0.2) is 47.5 Å². The van der Waals surface area contributed by atoms with Crippen LogP contribution < -0.4 is 20.7 Å². The van der Waals surface area contributed by atoms with Crippen LogP contribution in [-0.2, 0) is 25.7 Å². The number of aliphatic imine (C=N–C) groups is 1. The maximum atomic E-state index is 13.3. The molecule has 304 valence electrons. The summed E-state index contributed by atoms with van der Waals surface area (Å²) >= 11 is 7.90. The Hall–Kier alpha value is -5.41. The van der Waals surface area contributed by atoms with E-state index in [1.165, 1.54) is 9.78 Å². The Labute approximate surface area is 345 Å². The second-order valence-corrected chi connectivity index (χ2v) is 16.5. The van der Waals surface area contributed by atoms with Crippen LogP contribution in [0.1, 0.15) is 113 Å². The van der Waals surface area contributed by atoms with Gasteiger partial charge in [-0.15, -0.1) is 21.5 Å². The minimum atomic E-state index is -0.720. The summed E-state index contributed by atoms with van der Waals surface area (Å²) in [7, 11) is 0. The molecule has 3 N–H and O–H groups in total. The molecule has 0 radical (unpaired) electrons. The van der Waals surface area contributed by atoms with E-state index in [0.717, 1.165) is 71.8 Å². The molecule has 0 spiro atoms. The number of rotatable bonds is 16. The van der Waals surface area contributed by atoms with Crippen molar-refractivity contribution in [1.82, 2.24) is 35.6 Å². The molecule has 16 heteroatoms. The van der Waals surface area contributed by atoms with Gasteiger partial charge in [-0.25, -0.2) is 0 Å². The first-order chi connectivity index (χ1) is 28.0. The van der Waals surface area contributed by atoms with Gasteiger partial charge in [0.1, 0.15) is 28.7 Å². The van der Waals surface area contributed by atoms with E-state index < -0.39 is 18.0 Å². The quantitative estimate of drug-likeness (QED) is 0.0966. The Morgan fingerprint density at radius 3 is 2.36 bits per heavy atom. The van der Waals surface area contributed by atoms with E-state index in [2.05, 4.69) is 40.0 Å². The Bertz CT molecular complexity index is 2270. The summed E-state index contributed by atoms with van der Waals surface area (Å²) in [6.45, 7) is 7.20. The van der Waals surface area contributed by atoms with Crippen molar-refractivity contribution in [3.8, 4) is 10.8 Å². The lowest BCUT2D eigenvalue weighted by atomic mass is 9.99. The highest BCUT2D eigenvalue weighted by molar-refractivity contribution is 7.15. The molecule has 2 atom stereocenters. The first-order valence-corrected chi connectivity index (χ1v) is 21.0. The Morgan fingerprint density at radius 1 is 0.931 bits per heavy atom. The summed E-state index contributed by atoms with van der Waals surface area (Å²) in [5.41, 5.74) is 4.98.